The average molecular weight is 364 g/mol. The highest BCUT2D eigenvalue weighted by atomic mass is 16.5. The van der Waals surface area contributed by atoms with E-state index in [1.165, 1.54) is 4.57 Å². The average Bonchev–Trinajstić information content (AvgIpc) is 2.71. The van der Waals surface area contributed by atoms with Crippen LogP contribution in [-0.4, -0.2) is 22.1 Å². The van der Waals surface area contributed by atoms with E-state index in [-0.39, 0.29) is 17.4 Å². The number of hydrogen-bond acceptors (Lipinski definition) is 5. The van der Waals surface area contributed by atoms with Crippen molar-refractivity contribution >= 4 is 22.8 Å². The van der Waals surface area contributed by atoms with Crippen molar-refractivity contribution in [2.75, 3.05) is 12.0 Å². The second kappa shape index (κ2) is 8.18. The van der Waals surface area contributed by atoms with E-state index in [2.05, 4.69) is 22.4 Å². The topological polar surface area (TPSA) is 85.2 Å². The van der Waals surface area contributed by atoms with Gasteiger partial charge in [-0.3, -0.25) is 25.0 Å². The molecule has 0 spiro atoms. The third-order valence-electron chi connectivity index (χ3n) is 3.95. The van der Waals surface area contributed by atoms with Crippen LogP contribution in [0.1, 0.15) is 17.3 Å². The molecule has 1 aromatic heterocycles. The number of hydrogen-bond donors (Lipinski definition) is 2. The molecule has 3 aromatic rings. The maximum atomic E-state index is 12.6. The van der Waals surface area contributed by atoms with Crippen molar-refractivity contribution in [1.29, 1.82) is 0 Å². The van der Waals surface area contributed by atoms with E-state index in [0.29, 0.717) is 35.4 Å². The van der Waals surface area contributed by atoms with Crippen molar-refractivity contribution in [1.82, 2.24) is 15.0 Å². The van der Waals surface area contributed by atoms with E-state index in [1.54, 1.807) is 48.5 Å². The number of para-hydroxylation sites is 1. The molecular formula is C20H20N4O3. The summed E-state index contributed by atoms with van der Waals surface area (Å²) >= 11 is 0. The van der Waals surface area contributed by atoms with Gasteiger partial charge in [0.15, 0.2) is 0 Å². The molecule has 0 saturated carbocycles. The monoisotopic (exact) mass is 364 g/mol. The minimum absolute atomic E-state index is 0.163. The molecule has 0 aliphatic heterocycles. The van der Waals surface area contributed by atoms with Crippen molar-refractivity contribution in [3.8, 4) is 5.75 Å². The number of anilines is 1. The molecule has 1 amide bonds. The van der Waals surface area contributed by atoms with Crippen molar-refractivity contribution < 1.29 is 9.53 Å². The highest BCUT2D eigenvalue weighted by Gasteiger charge is 2.11. The van der Waals surface area contributed by atoms with Crippen LogP contribution in [0.3, 0.4) is 0 Å². The maximum Gasteiger partial charge on any atom is 0.269 e. The first-order valence-corrected chi connectivity index (χ1v) is 8.53. The summed E-state index contributed by atoms with van der Waals surface area (Å²) in [6.45, 7) is 6.25. The predicted octanol–water partition coefficient (Wildman–Crippen LogP) is 2.74. The summed E-state index contributed by atoms with van der Waals surface area (Å²) in [7, 11) is 0. The van der Waals surface area contributed by atoms with E-state index in [0.717, 1.165) is 0 Å². The number of carbonyl (C=O) groups excluding carboxylic acids is 1. The first kappa shape index (κ1) is 18.2. The molecule has 2 aromatic carbocycles. The SMILES string of the molecule is C=CCOc1ccc(C(=O)NNc2nc3ccccc3c(=O)n2CC)cc1. The van der Waals surface area contributed by atoms with Gasteiger partial charge in [-0.1, -0.05) is 24.8 Å². The largest absolute Gasteiger partial charge is 0.490 e. The van der Waals surface area contributed by atoms with Crippen LogP contribution in [0.5, 0.6) is 5.75 Å². The second-order valence-corrected chi connectivity index (χ2v) is 5.71. The molecule has 0 aliphatic rings. The molecule has 2 N–H and O–H groups in total. The van der Waals surface area contributed by atoms with Gasteiger partial charge in [0.2, 0.25) is 5.95 Å². The molecule has 3 rings (SSSR count). The lowest BCUT2D eigenvalue weighted by molar-refractivity contribution is 0.0962. The molecule has 0 saturated heterocycles. The smallest absolute Gasteiger partial charge is 0.269 e. The van der Waals surface area contributed by atoms with Crippen LogP contribution < -0.4 is 21.1 Å². The maximum absolute atomic E-state index is 12.6. The van der Waals surface area contributed by atoms with Gasteiger partial charge in [0, 0.05) is 12.1 Å². The van der Waals surface area contributed by atoms with Crippen LogP contribution in [-0.2, 0) is 6.54 Å². The zero-order chi connectivity index (χ0) is 19.2. The van der Waals surface area contributed by atoms with Gasteiger partial charge in [-0.05, 0) is 43.3 Å². The molecule has 7 nitrogen and oxygen atoms in total. The fraction of sp³-hybridized carbons (Fsp3) is 0.150. The number of hydrazine groups is 1. The van der Waals surface area contributed by atoms with Crippen molar-refractivity contribution in [3.05, 3.63) is 77.1 Å². The molecule has 0 bridgehead atoms. The molecule has 27 heavy (non-hydrogen) atoms. The highest BCUT2D eigenvalue weighted by Crippen LogP contribution is 2.13. The molecule has 0 atom stereocenters. The lowest BCUT2D eigenvalue weighted by Gasteiger charge is -2.14. The van der Waals surface area contributed by atoms with Gasteiger partial charge in [0.25, 0.3) is 11.5 Å². The van der Waals surface area contributed by atoms with Crippen LogP contribution in [0, 0.1) is 0 Å². The van der Waals surface area contributed by atoms with Gasteiger partial charge in [-0.25, -0.2) is 4.98 Å². The molecule has 1 heterocycles. The first-order chi connectivity index (χ1) is 13.1. The predicted molar refractivity (Wildman–Crippen MR) is 105 cm³/mol. The van der Waals surface area contributed by atoms with Gasteiger partial charge in [0.05, 0.1) is 10.9 Å². The standard InChI is InChI=1S/C20H20N4O3/c1-3-13-27-15-11-9-14(10-12-15)18(25)22-23-20-21-17-8-6-5-7-16(17)19(26)24(20)4-2/h3,5-12H,1,4,13H2,2H3,(H,21,23)(H,22,25). The molecule has 0 radical (unpaired) electrons. The summed E-state index contributed by atoms with van der Waals surface area (Å²) in [5.41, 5.74) is 6.17. The Kier molecular flexibility index (Phi) is 5.51. The van der Waals surface area contributed by atoms with Crippen molar-refractivity contribution in [2.24, 2.45) is 0 Å². The Bertz CT molecular complexity index is 1030. The third-order valence-corrected chi connectivity index (χ3v) is 3.95. The quantitative estimate of drug-likeness (QED) is 0.497. The Hall–Kier alpha value is -3.61. The summed E-state index contributed by atoms with van der Waals surface area (Å²) < 4.78 is 6.86. The van der Waals surface area contributed by atoms with Crippen molar-refractivity contribution in [3.63, 3.8) is 0 Å². The van der Waals surface area contributed by atoms with Gasteiger partial charge < -0.3 is 4.74 Å². The number of fused-ring (bicyclic) bond motifs is 1. The van der Waals surface area contributed by atoms with Gasteiger partial charge in [-0.2, -0.15) is 0 Å². The Morgan fingerprint density at radius 3 is 2.67 bits per heavy atom. The molecule has 0 aliphatic carbocycles. The van der Waals surface area contributed by atoms with E-state index >= 15 is 0 Å². The third kappa shape index (κ3) is 3.98. The van der Waals surface area contributed by atoms with Crippen molar-refractivity contribution in [2.45, 2.75) is 13.5 Å². The number of ether oxygens (including phenoxy) is 1. The van der Waals surface area contributed by atoms with Crippen LogP contribution in [0.4, 0.5) is 5.95 Å². The number of rotatable bonds is 7. The molecule has 7 heteroatoms. The summed E-state index contributed by atoms with van der Waals surface area (Å²) in [6.07, 6.45) is 1.65. The van der Waals surface area contributed by atoms with E-state index in [1.807, 2.05) is 13.0 Å². The summed E-state index contributed by atoms with van der Waals surface area (Å²) in [5.74, 6) is 0.575. The molecule has 138 valence electrons. The molecule has 0 fully saturated rings. The number of amides is 1. The van der Waals surface area contributed by atoms with E-state index in [4.69, 9.17) is 4.74 Å². The Balaban J connectivity index is 1.77. The summed E-state index contributed by atoms with van der Waals surface area (Å²) in [5, 5.41) is 0.534. The minimum Gasteiger partial charge on any atom is -0.490 e. The molecule has 0 unspecified atom stereocenters. The van der Waals surface area contributed by atoms with E-state index in [9.17, 15) is 9.59 Å². The summed E-state index contributed by atoms with van der Waals surface area (Å²) in [4.78, 5) is 29.3. The fourth-order valence-corrected chi connectivity index (χ4v) is 2.60. The lowest BCUT2D eigenvalue weighted by atomic mass is 10.2. The molecular weight excluding hydrogens is 344 g/mol. The van der Waals surface area contributed by atoms with Crippen LogP contribution in [0.15, 0.2) is 66.0 Å². The Morgan fingerprint density at radius 1 is 1.22 bits per heavy atom. The van der Waals surface area contributed by atoms with Crippen LogP contribution in [0.25, 0.3) is 10.9 Å². The Morgan fingerprint density at radius 2 is 1.96 bits per heavy atom. The highest BCUT2D eigenvalue weighted by molar-refractivity contribution is 5.94. The zero-order valence-corrected chi connectivity index (χ0v) is 14.9. The fourth-order valence-electron chi connectivity index (χ4n) is 2.60. The number of nitrogens with zero attached hydrogens (tertiary/aromatic N) is 2. The van der Waals surface area contributed by atoms with E-state index < -0.39 is 0 Å². The van der Waals surface area contributed by atoms with Gasteiger partial charge in [0.1, 0.15) is 12.4 Å². The minimum atomic E-state index is -0.352. The zero-order valence-electron chi connectivity index (χ0n) is 14.9. The number of nitrogens with one attached hydrogen (secondary N) is 2. The lowest BCUT2D eigenvalue weighted by Crippen LogP contribution is -2.34. The van der Waals surface area contributed by atoms with Crippen LogP contribution >= 0.6 is 0 Å². The van der Waals surface area contributed by atoms with Gasteiger partial charge in [-0.15, -0.1) is 0 Å². The number of carbonyl (C=O) groups is 1. The normalized spacial score (nSPS) is 10.4. The Labute approximate surface area is 156 Å². The summed E-state index contributed by atoms with van der Waals surface area (Å²) in [6, 6.07) is 13.8. The van der Waals surface area contributed by atoms with Gasteiger partial charge >= 0.3 is 0 Å². The second-order valence-electron chi connectivity index (χ2n) is 5.71. The number of aromatic nitrogens is 2. The number of benzene rings is 2. The first-order valence-electron chi connectivity index (χ1n) is 8.53. The van der Waals surface area contributed by atoms with Crippen LogP contribution in [0.2, 0.25) is 0 Å².